The van der Waals surface area contributed by atoms with Crippen molar-refractivity contribution in [2.75, 3.05) is 6.54 Å². The van der Waals surface area contributed by atoms with Crippen molar-refractivity contribution in [2.24, 2.45) is 11.7 Å². The molecule has 1 rings (SSSR count). The number of carbonyl (C=O) groups is 1. The van der Waals surface area contributed by atoms with Crippen LogP contribution >= 0.6 is 12.4 Å². The molecule has 0 aromatic carbocycles. The van der Waals surface area contributed by atoms with Crippen molar-refractivity contribution in [1.29, 1.82) is 0 Å². The second-order valence-electron chi connectivity index (χ2n) is 2.39. The fourth-order valence-electron chi connectivity index (χ4n) is 0.727. The Morgan fingerprint density at radius 3 is 2.44 bits per heavy atom. The van der Waals surface area contributed by atoms with Crippen molar-refractivity contribution < 1.29 is 4.79 Å². The third kappa shape index (κ3) is 3.49. The average Bonchev–Trinajstić information content (AvgIpc) is 2.50. The van der Waals surface area contributed by atoms with Gasteiger partial charge in [0.15, 0.2) is 0 Å². The Morgan fingerprint density at radius 2 is 2.11 bits per heavy atom. The maximum Gasteiger partial charge on any atom is 0.146 e. The minimum Gasteiger partial charge on any atom is -0.324 e. The Hall–Kier alpha value is -0.0800. The van der Waals surface area contributed by atoms with Gasteiger partial charge in [0.1, 0.15) is 5.78 Å². The summed E-state index contributed by atoms with van der Waals surface area (Å²) in [5, 5.41) is 0. The van der Waals surface area contributed by atoms with Crippen LogP contribution in [0, 0.1) is 5.92 Å². The van der Waals surface area contributed by atoms with Crippen molar-refractivity contribution in [1.82, 2.24) is 0 Å². The first-order chi connectivity index (χ1) is 3.83. The lowest BCUT2D eigenvalue weighted by Crippen LogP contribution is -2.13. The summed E-state index contributed by atoms with van der Waals surface area (Å²) in [6.45, 7) is 0.233. The highest BCUT2D eigenvalue weighted by Gasteiger charge is 2.23. The molecule has 0 aliphatic heterocycles. The van der Waals surface area contributed by atoms with Crippen molar-refractivity contribution in [2.45, 2.75) is 19.3 Å². The number of carbonyl (C=O) groups excluding carboxylic acids is 1. The largest absolute Gasteiger partial charge is 0.324 e. The molecule has 1 aliphatic rings. The Balaban J connectivity index is 0.000000640. The van der Waals surface area contributed by atoms with Gasteiger partial charge in [-0.1, -0.05) is 0 Å². The van der Waals surface area contributed by atoms with Crippen LogP contribution in [0.25, 0.3) is 0 Å². The number of rotatable bonds is 3. The first-order valence-corrected chi connectivity index (χ1v) is 3.04. The lowest BCUT2D eigenvalue weighted by atomic mass is 10.2. The van der Waals surface area contributed by atoms with E-state index in [-0.39, 0.29) is 24.7 Å². The molecule has 0 spiro atoms. The molecule has 0 saturated heterocycles. The molecule has 2 N–H and O–H groups in total. The molecule has 1 aliphatic carbocycles. The van der Waals surface area contributed by atoms with E-state index in [4.69, 9.17) is 5.73 Å². The van der Waals surface area contributed by atoms with Crippen molar-refractivity contribution >= 4 is 18.2 Å². The van der Waals surface area contributed by atoms with Crippen molar-refractivity contribution in [3.8, 4) is 0 Å². The smallest absolute Gasteiger partial charge is 0.146 e. The van der Waals surface area contributed by atoms with E-state index >= 15 is 0 Å². The average molecular weight is 150 g/mol. The molecule has 1 saturated carbocycles. The quantitative estimate of drug-likeness (QED) is 0.643. The first-order valence-electron chi connectivity index (χ1n) is 3.04. The predicted octanol–water partition coefficient (Wildman–Crippen LogP) is 0.736. The van der Waals surface area contributed by atoms with E-state index in [9.17, 15) is 4.79 Å². The molecule has 0 heterocycles. The maximum atomic E-state index is 10.5. The molecule has 1 fully saturated rings. The SMILES string of the molecule is Cl.NCC(=O)CC1CC1. The van der Waals surface area contributed by atoms with Crippen LogP contribution in [0.5, 0.6) is 0 Å². The van der Waals surface area contributed by atoms with Crippen LogP contribution in [-0.2, 0) is 4.79 Å². The summed E-state index contributed by atoms with van der Waals surface area (Å²) >= 11 is 0. The van der Waals surface area contributed by atoms with Crippen LogP contribution in [0.3, 0.4) is 0 Å². The molecule has 0 aromatic rings. The molecule has 2 nitrogen and oxygen atoms in total. The summed E-state index contributed by atoms with van der Waals surface area (Å²) in [7, 11) is 0. The first kappa shape index (κ1) is 8.92. The fourth-order valence-corrected chi connectivity index (χ4v) is 0.727. The van der Waals surface area contributed by atoms with Gasteiger partial charge in [-0.2, -0.15) is 0 Å². The number of nitrogens with two attached hydrogens (primary N) is 1. The van der Waals surface area contributed by atoms with Gasteiger partial charge in [0.2, 0.25) is 0 Å². The number of halogens is 1. The summed E-state index contributed by atoms with van der Waals surface area (Å²) in [5.41, 5.74) is 5.10. The third-order valence-electron chi connectivity index (χ3n) is 1.44. The zero-order chi connectivity index (χ0) is 5.98. The van der Waals surface area contributed by atoms with Gasteiger partial charge in [0, 0.05) is 6.42 Å². The Labute approximate surface area is 61.2 Å². The molecule has 0 bridgehead atoms. The molecule has 54 valence electrons. The number of Topliss-reactive ketones (excluding diaryl/α,β-unsaturated/α-hetero) is 1. The Bertz CT molecular complexity index is 101. The van der Waals surface area contributed by atoms with E-state index in [0.717, 1.165) is 6.42 Å². The Morgan fingerprint density at radius 1 is 1.56 bits per heavy atom. The topological polar surface area (TPSA) is 43.1 Å². The minimum absolute atomic E-state index is 0. The third-order valence-corrected chi connectivity index (χ3v) is 1.44. The molecule has 3 heteroatoms. The van der Waals surface area contributed by atoms with Gasteiger partial charge in [0.05, 0.1) is 6.54 Å². The highest BCUT2D eigenvalue weighted by Crippen LogP contribution is 2.32. The maximum absolute atomic E-state index is 10.5. The van der Waals surface area contributed by atoms with Gasteiger partial charge in [-0.15, -0.1) is 12.4 Å². The van der Waals surface area contributed by atoms with E-state index in [1.165, 1.54) is 12.8 Å². The van der Waals surface area contributed by atoms with Gasteiger partial charge in [-0.25, -0.2) is 0 Å². The molecular weight excluding hydrogens is 138 g/mol. The molecule has 0 aromatic heterocycles. The van der Waals surface area contributed by atoms with E-state index in [1.54, 1.807) is 0 Å². The monoisotopic (exact) mass is 149 g/mol. The predicted molar refractivity (Wildman–Crippen MR) is 38.7 cm³/mol. The molecule has 0 atom stereocenters. The highest BCUT2D eigenvalue weighted by molar-refractivity contribution is 5.85. The standard InChI is InChI=1S/C6H11NO.ClH/c7-4-6(8)3-5-1-2-5;/h5H,1-4,7H2;1H. The zero-order valence-electron chi connectivity index (χ0n) is 5.30. The van der Waals surface area contributed by atoms with Crippen LogP contribution in [-0.4, -0.2) is 12.3 Å². The summed E-state index contributed by atoms with van der Waals surface area (Å²) in [4.78, 5) is 10.5. The van der Waals surface area contributed by atoms with Crippen LogP contribution in [0.15, 0.2) is 0 Å². The fraction of sp³-hybridized carbons (Fsp3) is 0.833. The van der Waals surface area contributed by atoms with Gasteiger partial charge >= 0.3 is 0 Å². The second-order valence-corrected chi connectivity index (χ2v) is 2.39. The van der Waals surface area contributed by atoms with Crippen LogP contribution in [0.4, 0.5) is 0 Å². The summed E-state index contributed by atoms with van der Waals surface area (Å²) < 4.78 is 0. The lowest BCUT2D eigenvalue weighted by molar-refractivity contribution is -0.118. The summed E-state index contributed by atoms with van der Waals surface area (Å²) in [5.74, 6) is 0.915. The van der Waals surface area contributed by atoms with Gasteiger partial charge in [-0.3, -0.25) is 4.79 Å². The molecule has 0 amide bonds. The van der Waals surface area contributed by atoms with Gasteiger partial charge in [0.25, 0.3) is 0 Å². The molecule has 0 radical (unpaired) electrons. The van der Waals surface area contributed by atoms with Gasteiger partial charge < -0.3 is 5.73 Å². The normalized spacial score (nSPS) is 16.6. The minimum atomic E-state index is 0. The summed E-state index contributed by atoms with van der Waals surface area (Å²) in [6.07, 6.45) is 3.22. The van der Waals surface area contributed by atoms with Crippen LogP contribution in [0.1, 0.15) is 19.3 Å². The van der Waals surface area contributed by atoms with E-state index in [1.807, 2.05) is 0 Å². The summed E-state index contributed by atoms with van der Waals surface area (Å²) in [6, 6.07) is 0. The zero-order valence-corrected chi connectivity index (χ0v) is 6.12. The molecule has 9 heavy (non-hydrogen) atoms. The lowest BCUT2D eigenvalue weighted by Gasteiger charge is -1.89. The Kier molecular flexibility index (Phi) is 3.82. The molecule has 0 unspecified atom stereocenters. The van der Waals surface area contributed by atoms with E-state index < -0.39 is 0 Å². The second kappa shape index (κ2) is 3.85. The van der Waals surface area contributed by atoms with Crippen LogP contribution in [0.2, 0.25) is 0 Å². The van der Waals surface area contributed by atoms with Crippen LogP contribution < -0.4 is 5.73 Å². The van der Waals surface area contributed by atoms with Crippen molar-refractivity contribution in [3.05, 3.63) is 0 Å². The van der Waals surface area contributed by atoms with E-state index in [2.05, 4.69) is 0 Å². The van der Waals surface area contributed by atoms with E-state index in [0.29, 0.717) is 5.92 Å². The highest BCUT2D eigenvalue weighted by atomic mass is 35.5. The number of hydrogen-bond acceptors (Lipinski definition) is 2. The van der Waals surface area contributed by atoms with Gasteiger partial charge in [-0.05, 0) is 18.8 Å². The number of ketones is 1. The van der Waals surface area contributed by atoms with Crippen molar-refractivity contribution in [3.63, 3.8) is 0 Å². The molecular formula is C6H12ClNO. The number of hydrogen-bond donors (Lipinski definition) is 1.